The molecule has 123 heavy (non-hydrogen) atoms. The Morgan fingerprint density at radius 2 is 0.829 bits per heavy atom. The Bertz CT molecular complexity index is 5340. The van der Waals surface area contributed by atoms with Gasteiger partial charge in [0, 0.05) is 89.6 Å². The summed E-state index contributed by atoms with van der Waals surface area (Å²) in [6, 6.07) is 21.8. The van der Waals surface area contributed by atoms with E-state index in [1.165, 1.54) is 64.9 Å². The molecule has 12 heterocycles. The lowest BCUT2D eigenvalue weighted by Crippen LogP contribution is -2.29. The van der Waals surface area contributed by atoms with E-state index >= 15 is 8.78 Å². The normalized spacial score (nSPS) is 13.2. The Labute approximate surface area is 713 Å². The first-order valence-corrected chi connectivity index (χ1v) is 40.0. The van der Waals surface area contributed by atoms with E-state index in [0.29, 0.717) is 79.5 Å². The average Bonchev–Trinajstić information content (AvgIpc) is 1.65. The summed E-state index contributed by atoms with van der Waals surface area (Å²) in [5, 5.41) is 25.0. The number of ether oxygens (including phenoxy) is 3. The molecule has 0 amide bonds. The maximum absolute atomic E-state index is 15.2. The van der Waals surface area contributed by atoms with Gasteiger partial charge < -0.3 is 63.0 Å². The quantitative estimate of drug-likeness (QED) is 0.00757. The monoisotopic (exact) mass is 1710 g/mol. The van der Waals surface area contributed by atoms with Gasteiger partial charge in [-0.25, -0.2) is 43.1 Å². The molecule has 0 unspecified atom stereocenters. The number of nitrogens with two attached hydrogens (primary N) is 1. The molecule has 0 saturated carbocycles. The van der Waals surface area contributed by atoms with Crippen molar-refractivity contribution in [3.8, 4) is 45.3 Å². The maximum Gasteiger partial charge on any atom is 0.397 e. The van der Waals surface area contributed by atoms with Gasteiger partial charge in [-0.2, -0.15) is 19.9 Å². The van der Waals surface area contributed by atoms with Crippen LogP contribution in [0.4, 0.5) is 20.2 Å². The molecule has 10 aromatic heterocycles. The third-order valence-corrected chi connectivity index (χ3v) is 19.1. The van der Waals surface area contributed by atoms with Crippen molar-refractivity contribution in [3.63, 3.8) is 0 Å². The molecule has 2 saturated heterocycles. The number of Topliss-reactive ketones (excluding diaryl/α,β-unsaturated/α-hetero) is 2. The number of aromatic amines is 2. The number of ketones is 2. The number of amidine groups is 1. The van der Waals surface area contributed by atoms with Crippen molar-refractivity contribution in [2.75, 3.05) is 57.3 Å². The molecule has 2 fully saturated rings. The van der Waals surface area contributed by atoms with Crippen molar-refractivity contribution in [1.82, 2.24) is 80.4 Å². The number of esters is 3. The molecule has 652 valence electrons. The van der Waals surface area contributed by atoms with Gasteiger partial charge in [0.2, 0.25) is 11.6 Å². The van der Waals surface area contributed by atoms with E-state index in [-0.39, 0.29) is 93.7 Å². The van der Waals surface area contributed by atoms with E-state index in [0.717, 1.165) is 67.2 Å². The van der Waals surface area contributed by atoms with Crippen LogP contribution < -0.4 is 15.5 Å². The standard InChI is InChI=1S/2C31H32FN7O2.2C8H12N2O3.C5H12N2O.C3H3ClO3/c2*1-31(2,3)30-37-29(41-38-30)25(40)12-9-19-7-8-20(17-23(19)32)22-13-14-33-28-26(22)35-27(36-28)24-11-10-21(18-34-24)39-15-5-4-6-16-39;2*1-8(2,3)7-9-5(13-10-7)6(11)12-4;1-5(2,3)4(6)7-8;1-7-3(6)2(4)5/h2*7-8,10-11,13-14,17-18H,4-6,9,12,15-16H2,1-3H3,(H,33,35,36);2*1-4H3;8H,1-3H3,(H2,6,7);1H3. The van der Waals surface area contributed by atoms with Crippen LogP contribution in [0.1, 0.15) is 232 Å². The van der Waals surface area contributed by atoms with Crippen molar-refractivity contribution >= 4 is 85.9 Å². The summed E-state index contributed by atoms with van der Waals surface area (Å²) < 4.78 is 62.8. The zero-order chi connectivity index (χ0) is 89.9. The molecule has 0 bridgehead atoms. The van der Waals surface area contributed by atoms with E-state index in [1.807, 2.05) is 153 Å². The number of halogens is 3. The van der Waals surface area contributed by atoms with Gasteiger partial charge in [0.15, 0.2) is 46.2 Å². The summed E-state index contributed by atoms with van der Waals surface area (Å²) in [4.78, 5) is 122. The molecule has 0 aliphatic carbocycles. The molecule has 5 N–H and O–H groups in total. The van der Waals surface area contributed by atoms with Crippen LogP contribution in [-0.4, -0.2) is 174 Å². The van der Waals surface area contributed by atoms with Crippen LogP contribution in [0, 0.1) is 17.0 Å². The van der Waals surface area contributed by atoms with Crippen molar-refractivity contribution < 1.29 is 75.1 Å². The van der Waals surface area contributed by atoms with E-state index in [4.69, 9.17) is 29.0 Å². The molecule has 0 radical (unpaired) electrons. The molecule has 0 spiro atoms. The summed E-state index contributed by atoms with van der Waals surface area (Å²) >= 11 is 4.61. The van der Waals surface area contributed by atoms with Crippen molar-refractivity contribution in [3.05, 3.63) is 167 Å². The fourth-order valence-corrected chi connectivity index (χ4v) is 11.8. The van der Waals surface area contributed by atoms with Gasteiger partial charge in [-0.3, -0.25) is 24.4 Å². The van der Waals surface area contributed by atoms with Crippen LogP contribution in [0.25, 0.3) is 67.6 Å². The summed E-state index contributed by atoms with van der Waals surface area (Å²) in [6.07, 6.45) is 15.1. The predicted octanol–water partition coefficient (Wildman–Crippen LogP) is 15.6. The number of benzene rings is 2. The number of carbonyl (C=O) groups is 6. The number of nitrogens with one attached hydrogen (secondary N) is 2. The van der Waals surface area contributed by atoms with Gasteiger partial charge in [0.05, 0.1) is 56.1 Å². The molecular weight excluding hydrogens is 1610 g/mol. The third-order valence-electron chi connectivity index (χ3n) is 19.0. The van der Waals surface area contributed by atoms with Gasteiger partial charge in [-0.15, -0.1) is 0 Å². The Morgan fingerprint density at radius 1 is 0.480 bits per heavy atom. The summed E-state index contributed by atoms with van der Waals surface area (Å²) in [6.45, 7) is 33.1. The first-order valence-electron chi connectivity index (χ1n) is 39.6. The Kier molecular flexibility index (Phi) is 31.3. The molecule has 2 aliphatic heterocycles. The van der Waals surface area contributed by atoms with E-state index in [2.05, 4.69) is 133 Å². The first-order chi connectivity index (χ1) is 58.1. The second-order valence-corrected chi connectivity index (χ2v) is 34.2. The number of aromatic nitrogens is 16. The number of aryl methyl sites for hydroxylation is 2. The highest BCUT2D eigenvalue weighted by molar-refractivity contribution is 6.80. The number of fused-ring (bicyclic) bond motifs is 2. The van der Waals surface area contributed by atoms with Gasteiger partial charge in [0.25, 0.3) is 11.8 Å². The van der Waals surface area contributed by atoms with E-state index < -0.39 is 34.8 Å². The minimum absolute atomic E-state index is 0.0446. The highest BCUT2D eigenvalue weighted by Crippen LogP contribution is 2.34. The van der Waals surface area contributed by atoms with Crippen molar-refractivity contribution in [2.45, 2.75) is 190 Å². The molecular formula is C86H103ClF2N20O14. The van der Waals surface area contributed by atoms with Crippen LogP contribution in [0.5, 0.6) is 0 Å². The van der Waals surface area contributed by atoms with Crippen molar-refractivity contribution in [2.24, 2.45) is 16.3 Å². The van der Waals surface area contributed by atoms with E-state index in [9.17, 15) is 28.8 Å². The number of rotatable bonds is 17. The molecule has 2 aromatic carbocycles. The van der Waals surface area contributed by atoms with Crippen molar-refractivity contribution in [1.29, 1.82) is 0 Å². The summed E-state index contributed by atoms with van der Waals surface area (Å²) in [7, 11) is 3.62. The smallest absolute Gasteiger partial charge is 0.397 e. The number of hydrogen-bond acceptors (Lipinski definition) is 31. The van der Waals surface area contributed by atoms with Crippen LogP contribution in [0.2, 0.25) is 0 Å². The number of nitrogens with zero attached hydrogens (tertiary/aromatic N) is 17. The lowest BCUT2D eigenvalue weighted by Gasteiger charge is -2.28. The summed E-state index contributed by atoms with van der Waals surface area (Å²) in [5.41, 5.74) is 13.9. The number of H-pyrrole nitrogens is 2. The minimum Gasteiger partial charge on any atom is -0.462 e. The lowest BCUT2D eigenvalue weighted by molar-refractivity contribution is -0.148. The third kappa shape index (κ3) is 25.5. The molecule has 14 rings (SSSR count). The number of hydrogen-bond donors (Lipinski definition) is 4. The molecule has 37 heteroatoms. The Hall–Kier alpha value is -13.0. The van der Waals surface area contributed by atoms with E-state index in [1.54, 1.807) is 24.5 Å². The maximum atomic E-state index is 15.2. The number of oxime groups is 1. The number of pyridine rings is 4. The molecule has 34 nitrogen and oxygen atoms in total. The van der Waals surface area contributed by atoms with Gasteiger partial charge in [-0.1, -0.05) is 154 Å². The number of anilines is 2. The van der Waals surface area contributed by atoms with Crippen LogP contribution in [-0.2, 0) is 58.3 Å². The first kappa shape index (κ1) is 93.8. The molecule has 12 aromatic rings. The largest absolute Gasteiger partial charge is 0.462 e. The Balaban J connectivity index is 0.000000193. The second-order valence-electron chi connectivity index (χ2n) is 33.8. The number of imidazole rings is 2. The number of methoxy groups -OCH3 is 3. The fourth-order valence-electron chi connectivity index (χ4n) is 11.7. The van der Waals surface area contributed by atoms with Crippen LogP contribution >= 0.6 is 11.6 Å². The topological polar surface area (TPSA) is 460 Å². The Morgan fingerprint density at radius 3 is 1.10 bits per heavy atom. The zero-order valence-electron chi connectivity index (χ0n) is 72.2. The highest BCUT2D eigenvalue weighted by atomic mass is 35.5. The molecule has 0 atom stereocenters. The SMILES string of the molecule is CC(C)(C)/C(N)=N/O.CC(C)(C)c1noc(C(=O)CCc2ccc(-c3ccnc4nc(-c5ccc(N6CCCCC6)cn5)[nH]c34)cc2F)n1.CC(C)(C)c1noc(C(=O)CCc2ccc(-c3ccnc4nc(-c5ccc(N6CCCCC6)cn5)[nH]c34)cc2F)n1.COC(=O)C(=O)Cl.COC(=O)c1nc(C(C)(C)C)no1.COC(=O)c1nc(C(C)(C)C)no1. The predicted molar refractivity (Wildman–Crippen MR) is 453 cm³/mol. The fraction of sp³-hybridized carbons (Fsp3) is 0.430. The zero-order valence-corrected chi connectivity index (χ0v) is 73.0. The lowest BCUT2D eigenvalue weighted by atomic mass is 9.96. The van der Waals surface area contributed by atoms with Gasteiger partial charge >= 0.3 is 34.9 Å². The van der Waals surface area contributed by atoms with Crippen LogP contribution in [0.3, 0.4) is 0 Å². The van der Waals surface area contributed by atoms with Gasteiger partial charge in [0.1, 0.15) is 28.9 Å². The number of carbonyl (C=O) groups excluding carboxylic acids is 6. The van der Waals surface area contributed by atoms with Gasteiger partial charge in [-0.05, 0) is 134 Å². The minimum atomic E-state index is -1.09. The highest BCUT2D eigenvalue weighted by Gasteiger charge is 2.30. The molecule has 2 aliphatic rings. The average molecular weight is 1710 g/mol. The summed E-state index contributed by atoms with van der Waals surface area (Å²) in [5.74, 6) is -0.553. The number of piperidine rings is 2. The second kappa shape index (κ2) is 41.0. The van der Waals surface area contributed by atoms with Crippen LogP contribution in [0.15, 0.2) is 121 Å².